The van der Waals surface area contributed by atoms with Gasteiger partial charge in [0.05, 0.1) is 0 Å². The first-order valence-electron chi connectivity index (χ1n) is 6.41. The van der Waals surface area contributed by atoms with Crippen molar-refractivity contribution in [3.63, 3.8) is 0 Å². The highest BCUT2D eigenvalue weighted by Gasteiger charge is 2.40. The van der Waals surface area contributed by atoms with Crippen molar-refractivity contribution in [1.29, 1.82) is 0 Å². The van der Waals surface area contributed by atoms with Crippen molar-refractivity contribution in [3.05, 3.63) is 0 Å². The fourth-order valence-electron chi connectivity index (χ4n) is 2.08. The number of guanidine groups is 1. The van der Waals surface area contributed by atoms with Gasteiger partial charge in [0.15, 0.2) is 6.67 Å². The smallest absolute Gasteiger partial charge is 0.266 e. The van der Waals surface area contributed by atoms with E-state index in [9.17, 15) is 4.79 Å². The fraction of sp³-hybridized carbons (Fsp3) is 0.846. The van der Waals surface area contributed by atoms with E-state index in [2.05, 4.69) is 20.8 Å². The highest BCUT2D eigenvalue weighted by Crippen LogP contribution is 2.16. The molecule has 0 saturated carbocycles. The van der Waals surface area contributed by atoms with Crippen LogP contribution >= 0.6 is 0 Å². The molecule has 112 valence electrons. The van der Waals surface area contributed by atoms with Crippen LogP contribution in [0.1, 0.15) is 48.5 Å². The molecule has 0 saturated heterocycles. The average molecular weight is 382 g/mol. The van der Waals surface area contributed by atoms with Gasteiger partial charge in [0.2, 0.25) is 5.91 Å². The van der Waals surface area contributed by atoms with E-state index in [-0.39, 0.29) is 41.0 Å². The van der Waals surface area contributed by atoms with E-state index in [0.29, 0.717) is 0 Å². The molecule has 1 amide bonds. The van der Waals surface area contributed by atoms with Gasteiger partial charge >= 0.3 is 0 Å². The van der Waals surface area contributed by atoms with E-state index < -0.39 is 0 Å². The zero-order valence-electron chi connectivity index (χ0n) is 13.3. The second-order valence-corrected chi connectivity index (χ2v) is 6.99. The Kier molecular flexibility index (Phi) is 5.83. The lowest BCUT2D eigenvalue weighted by molar-refractivity contribution is -0.953. The Hall–Kier alpha value is -0.370. The number of hydrogen-bond acceptors (Lipinski definition) is 3. The first-order valence-corrected chi connectivity index (χ1v) is 6.41. The van der Waals surface area contributed by atoms with Crippen molar-refractivity contribution in [1.82, 2.24) is 9.80 Å². The summed E-state index contributed by atoms with van der Waals surface area (Å²) in [5.74, 6) is 0.795. The van der Waals surface area contributed by atoms with Crippen LogP contribution in [0.3, 0.4) is 0 Å². The van der Waals surface area contributed by atoms with Gasteiger partial charge in [-0.15, -0.1) is 0 Å². The number of nitrogens with one attached hydrogen (secondary N) is 1. The number of rotatable bonds is 0. The lowest BCUT2D eigenvalue weighted by atomic mass is 10.1. The van der Waals surface area contributed by atoms with E-state index in [1.54, 1.807) is 11.8 Å². The lowest BCUT2D eigenvalue weighted by Gasteiger charge is -2.35. The summed E-state index contributed by atoms with van der Waals surface area (Å²) >= 11 is 0. The topological polar surface area (TPSA) is 40.4 Å². The van der Waals surface area contributed by atoms with Crippen molar-refractivity contribution in [2.45, 2.75) is 59.5 Å². The van der Waals surface area contributed by atoms with Crippen molar-refractivity contribution < 1.29 is 33.8 Å². The van der Waals surface area contributed by atoms with Gasteiger partial charge in [-0.1, -0.05) is 0 Å². The summed E-state index contributed by atoms with van der Waals surface area (Å²) in [5.41, 5.74) is -0.220. The van der Waals surface area contributed by atoms with Crippen LogP contribution in [-0.4, -0.2) is 46.5 Å². The van der Waals surface area contributed by atoms with Crippen LogP contribution < -0.4 is 29.0 Å². The predicted molar refractivity (Wildman–Crippen MR) is 73.1 cm³/mol. The van der Waals surface area contributed by atoms with Gasteiger partial charge in [-0.05, 0) is 46.6 Å². The number of carbonyl (C=O) groups excluding carboxylic acids is 1. The van der Waals surface area contributed by atoms with Crippen LogP contribution in [0.25, 0.3) is 0 Å². The highest BCUT2D eigenvalue weighted by atomic mass is 127. The van der Waals surface area contributed by atoms with Crippen LogP contribution in [-0.2, 0) is 4.79 Å². The number of halogens is 1. The standard InChI is InChI=1S/C13H26N4O.HI/c1-10(18)17(13(5,6)7)11-14-16(9-15(11)8)12(2,3)4;/h9H2,1-8H3;1H. The highest BCUT2D eigenvalue weighted by molar-refractivity contribution is 5.96. The fourth-order valence-corrected chi connectivity index (χ4v) is 2.08. The minimum atomic E-state index is -0.258. The van der Waals surface area contributed by atoms with Crippen LogP contribution in [0.15, 0.2) is 5.10 Å². The summed E-state index contributed by atoms with van der Waals surface area (Å²) < 4.78 is 0. The molecule has 0 fully saturated rings. The Morgan fingerprint density at radius 3 is 2.00 bits per heavy atom. The number of nitrogens with zero attached hydrogens (tertiary/aromatic N) is 3. The van der Waals surface area contributed by atoms with Gasteiger partial charge < -0.3 is 24.0 Å². The van der Waals surface area contributed by atoms with Gasteiger partial charge in [-0.25, -0.2) is 0 Å². The summed E-state index contributed by atoms with van der Waals surface area (Å²) in [4.78, 5) is 15.7. The second-order valence-electron chi connectivity index (χ2n) is 6.99. The summed E-state index contributed by atoms with van der Waals surface area (Å²) in [7, 11) is 1.99. The van der Waals surface area contributed by atoms with Crippen LogP contribution in [0.4, 0.5) is 0 Å². The number of carbonyl (C=O) groups is 1. The first kappa shape index (κ1) is 18.6. The molecular formula is C13H27IN4O. The average Bonchev–Trinajstić information content (AvgIpc) is 2.44. The van der Waals surface area contributed by atoms with E-state index in [1.165, 1.54) is 0 Å². The van der Waals surface area contributed by atoms with E-state index in [1.807, 2.05) is 32.7 Å². The molecule has 1 unspecified atom stereocenters. The maximum Gasteiger partial charge on any atom is 0.266 e. The van der Waals surface area contributed by atoms with Crippen molar-refractivity contribution in [3.8, 4) is 0 Å². The summed E-state index contributed by atoms with van der Waals surface area (Å²) in [6, 6.07) is 0. The maximum atomic E-state index is 11.9. The quantitative estimate of drug-likeness (QED) is 0.471. The number of hydrogen-bond donors (Lipinski definition) is 1. The number of quaternary nitrogens is 1. The van der Waals surface area contributed by atoms with Crippen LogP contribution in [0, 0.1) is 0 Å². The van der Waals surface area contributed by atoms with Gasteiger partial charge in [0.25, 0.3) is 5.96 Å². The summed E-state index contributed by atoms with van der Waals surface area (Å²) in [6.45, 7) is 14.9. The third-order valence-electron chi connectivity index (χ3n) is 3.01. The predicted octanol–water partition coefficient (Wildman–Crippen LogP) is -2.51. The van der Waals surface area contributed by atoms with E-state index >= 15 is 0 Å². The zero-order valence-corrected chi connectivity index (χ0v) is 15.5. The molecule has 0 spiro atoms. The molecule has 0 aliphatic carbocycles. The minimum Gasteiger partial charge on any atom is -1.00 e. The molecular weight excluding hydrogens is 355 g/mol. The maximum absolute atomic E-state index is 11.9. The van der Waals surface area contributed by atoms with Gasteiger partial charge in [-0.2, -0.15) is 5.01 Å². The van der Waals surface area contributed by atoms with Gasteiger partial charge in [-0.3, -0.25) is 14.6 Å². The molecule has 1 aliphatic rings. The molecule has 0 aromatic heterocycles. The van der Waals surface area contributed by atoms with Crippen LogP contribution in [0.5, 0.6) is 0 Å². The molecule has 19 heavy (non-hydrogen) atoms. The molecule has 0 aromatic rings. The lowest BCUT2D eigenvalue weighted by Crippen LogP contribution is -3.14. The largest absolute Gasteiger partial charge is 1.00 e. The Labute approximate surface area is 134 Å². The van der Waals surface area contributed by atoms with Crippen molar-refractivity contribution >= 4 is 11.9 Å². The van der Waals surface area contributed by atoms with E-state index in [4.69, 9.17) is 5.10 Å². The molecule has 0 aromatic carbocycles. The molecule has 1 N–H and O–H groups in total. The molecule has 1 atom stereocenters. The van der Waals surface area contributed by atoms with Crippen molar-refractivity contribution in [2.24, 2.45) is 5.10 Å². The minimum absolute atomic E-state index is 0. The summed E-state index contributed by atoms with van der Waals surface area (Å²) in [5, 5.41) is 5.81. The Morgan fingerprint density at radius 1 is 1.26 bits per heavy atom. The normalized spacial score (nSPS) is 19.9. The molecule has 0 bridgehead atoms. The Morgan fingerprint density at radius 2 is 1.74 bits per heavy atom. The van der Waals surface area contributed by atoms with E-state index in [0.717, 1.165) is 17.6 Å². The molecule has 1 heterocycles. The Bertz CT molecular complexity index is 368. The van der Waals surface area contributed by atoms with Crippen molar-refractivity contribution in [2.75, 3.05) is 13.7 Å². The summed E-state index contributed by atoms with van der Waals surface area (Å²) in [6.07, 6.45) is 0. The zero-order chi connectivity index (χ0) is 14.3. The van der Waals surface area contributed by atoms with Crippen LogP contribution in [0.2, 0.25) is 0 Å². The molecule has 6 heteroatoms. The first-order chi connectivity index (χ1) is 7.94. The molecule has 1 aliphatic heterocycles. The Balaban J connectivity index is 0.00000324. The third kappa shape index (κ3) is 4.30. The second kappa shape index (κ2) is 5.95. The van der Waals surface area contributed by atoms with Gasteiger partial charge in [0.1, 0.15) is 5.54 Å². The SMILES string of the molecule is CC(=O)N(C1=N[NH+](C(C)(C)C)CN1C)C(C)(C)C.[I-]. The third-order valence-corrected chi connectivity index (χ3v) is 3.01. The van der Waals surface area contributed by atoms with Gasteiger partial charge in [0, 0.05) is 19.5 Å². The molecule has 5 nitrogen and oxygen atoms in total. The molecule has 0 radical (unpaired) electrons. The molecule has 1 rings (SSSR count). The monoisotopic (exact) mass is 382 g/mol. The number of amides is 1.